The minimum absolute atomic E-state index is 0.120. The molecule has 20 heavy (non-hydrogen) atoms. The Kier molecular flexibility index (Phi) is 7.08. The van der Waals surface area contributed by atoms with Crippen LogP contribution in [0, 0.1) is 0 Å². The predicted octanol–water partition coefficient (Wildman–Crippen LogP) is -1.97. The quantitative estimate of drug-likeness (QED) is 0.386. The summed E-state index contributed by atoms with van der Waals surface area (Å²) in [6, 6.07) is 0. The molecule has 8 heteroatoms. The van der Waals surface area contributed by atoms with E-state index < -0.39 is 5.91 Å². The van der Waals surface area contributed by atoms with Gasteiger partial charge in [0, 0.05) is 39.0 Å². The van der Waals surface area contributed by atoms with Crippen molar-refractivity contribution in [2.24, 2.45) is 0 Å². The van der Waals surface area contributed by atoms with Gasteiger partial charge in [0.15, 0.2) is 0 Å². The summed E-state index contributed by atoms with van der Waals surface area (Å²) in [4.78, 5) is 45.5. The van der Waals surface area contributed by atoms with E-state index in [1.807, 2.05) is 0 Å². The van der Waals surface area contributed by atoms with Gasteiger partial charge in [-0.2, -0.15) is 0 Å². The molecule has 4 amide bonds. The summed E-state index contributed by atoms with van der Waals surface area (Å²) in [6.45, 7) is 1.29. The fraction of sp³-hybridized carbons (Fsp3) is 0.667. The molecule has 1 saturated heterocycles. The standard InChI is InChI=1S/C12H20N4O4/c17-9-2-6-15-10(18)3-7-16-12(20)8-11(19)14-5-1-4-13-9/h1-8H2,(H,13,17)(H,14,19)(H,15,18)(H,16,20). The van der Waals surface area contributed by atoms with Gasteiger partial charge in [-0.15, -0.1) is 0 Å². The first kappa shape index (κ1) is 15.9. The van der Waals surface area contributed by atoms with E-state index in [1.165, 1.54) is 0 Å². The fourth-order valence-electron chi connectivity index (χ4n) is 1.62. The van der Waals surface area contributed by atoms with E-state index in [2.05, 4.69) is 21.3 Å². The summed E-state index contributed by atoms with van der Waals surface area (Å²) >= 11 is 0. The SMILES string of the molecule is O=C1CCNC(=O)CCNC(=O)CC(=O)NCCCN1. The molecule has 1 aliphatic rings. The zero-order chi connectivity index (χ0) is 14.8. The van der Waals surface area contributed by atoms with Gasteiger partial charge in [0.2, 0.25) is 23.6 Å². The van der Waals surface area contributed by atoms with Gasteiger partial charge in [-0.1, -0.05) is 0 Å². The van der Waals surface area contributed by atoms with E-state index >= 15 is 0 Å². The molecule has 8 nitrogen and oxygen atoms in total. The predicted molar refractivity (Wildman–Crippen MR) is 70.5 cm³/mol. The highest BCUT2D eigenvalue weighted by molar-refractivity contribution is 5.96. The largest absolute Gasteiger partial charge is 0.356 e. The van der Waals surface area contributed by atoms with E-state index in [-0.39, 0.29) is 50.1 Å². The molecule has 1 rings (SSSR count). The van der Waals surface area contributed by atoms with Crippen LogP contribution in [-0.4, -0.2) is 49.8 Å². The lowest BCUT2D eigenvalue weighted by molar-refractivity contribution is -0.129. The normalized spacial score (nSPS) is 20.4. The average Bonchev–Trinajstić information content (AvgIpc) is 2.37. The van der Waals surface area contributed by atoms with Crippen LogP contribution < -0.4 is 21.3 Å². The monoisotopic (exact) mass is 284 g/mol. The number of nitrogens with one attached hydrogen (secondary N) is 4. The fourth-order valence-corrected chi connectivity index (χ4v) is 1.62. The molecule has 0 aromatic heterocycles. The van der Waals surface area contributed by atoms with Crippen molar-refractivity contribution in [3.8, 4) is 0 Å². The molecular formula is C12H20N4O4. The first-order chi connectivity index (χ1) is 9.58. The van der Waals surface area contributed by atoms with Crippen molar-refractivity contribution in [2.75, 3.05) is 26.2 Å². The highest BCUT2D eigenvalue weighted by Gasteiger charge is 2.10. The Morgan fingerprint density at radius 3 is 1.50 bits per heavy atom. The third-order valence-corrected chi connectivity index (χ3v) is 2.67. The van der Waals surface area contributed by atoms with Crippen LogP contribution >= 0.6 is 0 Å². The van der Waals surface area contributed by atoms with Gasteiger partial charge in [0.25, 0.3) is 0 Å². The van der Waals surface area contributed by atoms with Crippen molar-refractivity contribution in [3.05, 3.63) is 0 Å². The first-order valence-corrected chi connectivity index (χ1v) is 6.64. The highest BCUT2D eigenvalue weighted by Crippen LogP contribution is 1.86. The van der Waals surface area contributed by atoms with Crippen molar-refractivity contribution in [2.45, 2.75) is 25.7 Å². The van der Waals surface area contributed by atoms with E-state index in [0.717, 1.165) is 0 Å². The van der Waals surface area contributed by atoms with Gasteiger partial charge in [0.1, 0.15) is 6.42 Å². The van der Waals surface area contributed by atoms with Crippen LogP contribution in [0.5, 0.6) is 0 Å². The second-order valence-electron chi connectivity index (χ2n) is 4.43. The van der Waals surface area contributed by atoms with Crippen LogP contribution in [-0.2, 0) is 19.2 Å². The molecule has 0 radical (unpaired) electrons. The van der Waals surface area contributed by atoms with Crippen molar-refractivity contribution >= 4 is 23.6 Å². The summed E-state index contributed by atoms with van der Waals surface area (Å²) < 4.78 is 0. The number of hydrogen-bond donors (Lipinski definition) is 4. The lowest BCUT2D eigenvalue weighted by Crippen LogP contribution is -2.37. The van der Waals surface area contributed by atoms with E-state index in [4.69, 9.17) is 0 Å². The number of carbonyl (C=O) groups excluding carboxylic acids is 4. The van der Waals surface area contributed by atoms with Gasteiger partial charge >= 0.3 is 0 Å². The summed E-state index contributed by atoms with van der Waals surface area (Å²) in [5.74, 6) is -1.16. The summed E-state index contributed by atoms with van der Waals surface area (Å²) in [5, 5.41) is 10.4. The molecule has 0 aliphatic carbocycles. The molecule has 1 fully saturated rings. The zero-order valence-corrected chi connectivity index (χ0v) is 11.3. The molecule has 0 unspecified atom stereocenters. The minimum Gasteiger partial charge on any atom is -0.356 e. The Bertz CT molecular complexity index is 384. The highest BCUT2D eigenvalue weighted by atomic mass is 16.2. The molecule has 1 aliphatic heterocycles. The van der Waals surface area contributed by atoms with Crippen LogP contribution in [0.4, 0.5) is 0 Å². The maximum Gasteiger partial charge on any atom is 0.229 e. The van der Waals surface area contributed by atoms with Crippen LogP contribution in [0.2, 0.25) is 0 Å². The molecule has 4 N–H and O–H groups in total. The molecule has 0 atom stereocenters. The maximum atomic E-state index is 11.4. The van der Waals surface area contributed by atoms with Crippen LogP contribution in [0.3, 0.4) is 0 Å². The topological polar surface area (TPSA) is 116 Å². The van der Waals surface area contributed by atoms with Crippen LogP contribution in [0.15, 0.2) is 0 Å². The Labute approximate surface area is 117 Å². The Morgan fingerprint density at radius 2 is 0.950 bits per heavy atom. The molecular weight excluding hydrogens is 264 g/mol. The second kappa shape index (κ2) is 8.89. The number of rotatable bonds is 0. The molecule has 0 saturated carbocycles. The van der Waals surface area contributed by atoms with Gasteiger partial charge < -0.3 is 21.3 Å². The Morgan fingerprint density at radius 1 is 0.550 bits per heavy atom. The molecule has 0 spiro atoms. The van der Waals surface area contributed by atoms with Gasteiger partial charge in [-0.05, 0) is 6.42 Å². The zero-order valence-electron chi connectivity index (χ0n) is 11.3. The molecule has 0 aromatic carbocycles. The third kappa shape index (κ3) is 7.34. The van der Waals surface area contributed by atoms with Crippen LogP contribution in [0.1, 0.15) is 25.7 Å². The summed E-state index contributed by atoms with van der Waals surface area (Å²) in [5.41, 5.74) is 0. The van der Waals surface area contributed by atoms with Crippen molar-refractivity contribution in [1.29, 1.82) is 0 Å². The summed E-state index contributed by atoms with van der Waals surface area (Å²) in [7, 11) is 0. The van der Waals surface area contributed by atoms with Gasteiger partial charge in [0.05, 0.1) is 0 Å². The smallest absolute Gasteiger partial charge is 0.229 e. The first-order valence-electron chi connectivity index (χ1n) is 6.64. The van der Waals surface area contributed by atoms with Crippen molar-refractivity contribution < 1.29 is 19.2 Å². The number of amides is 4. The number of hydrogen-bond acceptors (Lipinski definition) is 4. The third-order valence-electron chi connectivity index (χ3n) is 2.67. The van der Waals surface area contributed by atoms with E-state index in [0.29, 0.717) is 19.5 Å². The lowest BCUT2D eigenvalue weighted by Gasteiger charge is -2.10. The maximum absolute atomic E-state index is 11.4. The van der Waals surface area contributed by atoms with Crippen LogP contribution in [0.25, 0.3) is 0 Å². The summed E-state index contributed by atoms with van der Waals surface area (Å²) in [6.07, 6.45) is 0.666. The molecule has 1 heterocycles. The van der Waals surface area contributed by atoms with Crippen molar-refractivity contribution in [1.82, 2.24) is 21.3 Å². The van der Waals surface area contributed by atoms with Crippen molar-refractivity contribution in [3.63, 3.8) is 0 Å². The van der Waals surface area contributed by atoms with E-state index in [1.54, 1.807) is 0 Å². The average molecular weight is 284 g/mol. The van der Waals surface area contributed by atoms with E-state index in [9.17, 15) is 19.2 Å². The van der Waals surface area contributed by atoms with Gasteiger partial charge in [-0.25, -0.2) is 0 Å². The minimum atomic E-state index is -0.407. The Hall–Kier alpha value is -2.12. The molecule has 0 bridgehead atoms. The second-order valence-corrected chi connectivity index (χ2v) is 4.43. The molecule has 112 valence electrons. The molecule has 0 aromatic rings. The van der Waals surface area contributed by atoms with Gasteiger partial charge in [-0.3, -0.25) is 19.2 Å². The Balaban J connectivity index is 2.42. The number of carbonyl (C=O) groups is 4. The lowest BCUT2D eigenvalue weighted by atomic mass is 10.3.